The first-order valence-electron chi connectivity index (χ1n) is 6.35. The summed E-state index contributed by atoms with van der Waals surface area (Å²) < 4.78 is 3.77. The summed E-state index contributed by atoms with van der Waals surface area (Å²) in [6, 6.07) is 3.97. The summed E-state index contributed by atoms with van der Waals surface area (Å²) in [5.41, 5.74) is 2.01. The van der Waals surface area contributed by atoms with Crippen LogP contribution in [0.25, 0.3) is 5.52 Å². The molecule has 0 aromatic carbocycles. The van der Waals surface area contributed by atoms with E-state index in [1.165, 1.54) is 0 Å². The molecule has 0 saturated carbocycles. The van der Waals surface area contributed by atoms with Crippen molar-refractivity contribution in [3.05, 3.63) is 42.6 Å². The number of aromatic nitrogens is 5. The molecule has 0 aliphatic rings. The third-order valence-corrected chi connectivity index (χ3v) is 2.93. The molecular formula is C13H16N6. The molecule has 1 N–H and O–H groups in total. The second-order valence-electron chi connectivity index (χ2n) is 4.44. The van der Waals surface area contributed by atoms with Crippen LogP contribution >= 0.6 is 0 Å². The Hall–Kier alpha value is -2.37. The van der Waals surface area contributed by atoms with Crippen molar-refractivity contribution in [1.82, 2.24) is 24.4 Å². The minimum Gasteiger partial charge on any atom is -0.368 e. The van der Waals surface area contributed by atoms with E-state index >= 15 is 0 Å². The molecule has 6 heteroatoms. The molecule has 3 rings (SSSR count). The first-order chi connectivity index (χ1) is 9.33. The molecular weight excluding hydrogens is 240 g/mol. The number of rotatable bonds is 5. The Morgan fingerprint density at radius 3 is 3.05 bits per heavy atom. The van der Waals surface area contributed by atoms with E-state index in [0.717, 1.165) is 36.5 Å². The zero-order chi connectivity index (χ0) is 13.1. The summed E-state index contributed by atoms with van der Waals surface area (Å²) in [6.45, 7) is 3.74. The van der Waals surface area contributed by atoms with Crippen molar-refractivity contribution in [2.45, 2.75) is 19.9 Å². The smallest absolute Gasteiger partial charge is 0.152 e. The van der Waals surface area contributed by atoms with Crippen molar-refractivity contribution >= 4 is 11.3 Å². The van der Waals surface area contributed by atoms with E-state index in [9.17, 15) is 0 Å². The van der Waals surface area contributed by atoms with E-state index in [1.54, 1.807) is 12.4 Å². The standard InChI is InChI=1S/C13H16N6/c1-11-10-12-13(15-6-9-19(12)17-11)14-4-2-7-18-8-3-5-16-18/h3,5-6,8-10H,2,4,7H2,1H3,(H,14,15). The minimum absolute atomic E-state index is 0.858. The van der Waals surface area contributed by atoms with Gasteiger partial charge >= 0.3 is 0 Å². The van der Waals surface area contributed by atoms with Gasteiger partial charge in [0.2, 0.25) is 0 Å². The maximum absolute atomic E-state index is 4.37. The number of anilines is 1. The Labute approximate surface area is 111 Å². The summed E-state index contributed by atoms with van der Waals surface area (Å²) in [7, 11) is 0. The Morgan fingerprint density at radius 2 is 2.21 bits per heavy atom. The van der Waals surface area contributed by atoms with Crippen molar-refractivity contribution in [3.8, 4) is 0 Å². The highest BCUT2D eigenvalue weighted by Gasteiger charge is 2.04. The minimum atomic E-state index is 0.858. The number of nitrogens with zero attached hydrogens (tertiary/aromatic N) is 5. The molecule has 6 nitrogen and oxygen atoms in total. The average molecular weight is 256 g/mol. The first kappa shape index (κ1) is 11.7. The molecule has 98 valence electrons. The van der Waals surface area contributed by atoms with Gasteiger partial charge in [-0.2, -0.15) is 10.2 Å². The van der Waals surface area contributed by atoms with Crippen LogP contribution in [0.1, 0.15) is 12.1 Å². The Bertz CT molecular complexity index is 655. The number of aryl methyl sites for hydroxylation is 2. The summed E-state index contributed by atoms with van der Waals surface area (Å²) in [5, 5.41) is 11.9. The van der Waals surface area contributed by atoms with Crippen LogP contribution in [0.3, 0.4) is 0 Å². The monoisotopic (exact) mass is 256 g/mol. The molecule has 3 aromatic rings. The van der Waals surface area contributed by atoms with Gasteiger partial charge in [0, 0.05) is 37.9 Å². The highest BCUT2D eigenvalue weighted by Crippen LogP contribution is 2.14. The normalized spacial score (nSPS) is 11.0. The van der Waals surface area contributed by atoms with Crippen LogP contribution < -0.4 is 5.32 Å². The maximum Gasteiger partial charge on any atom is 0.152 e. The van der Waals surface area contributed by atoms with Crippen LogP contribution in [-0.4, -0.2) is 30.9 Å². The van der Waals surface area contributed by atoms with Crippen LogP contribution in [0.15, 0.2) is 36.9 Å². The molecule has 19 heavy (non-hydrogen) atoms. The molecule has 0 unspecified atom stereocenters. The fraction of sp³-hybridized carbons (Fsp3) is 0.308. The van der Waals surface area contributed by atoms with Crippen molar-refractivity contribution < 1.29 is 0 Å². The van der Waals surface area contributed by atoms with E-state index in [-0.39, 0.29) is 0 Å². The third kappa shape index (κ3) is 2.57. The van der Waals surface area contributed by atoms with Gasteiger partial charge in [0.1, 0.15) is 5.52 Å². The van der Waals surface area contributed by atoms with E-state index < -0.39 is 0 Å². The van der Waals surface area contributed by atoms with Crippen LogP contribution in [-0.2, 0) is 6.54 Å². The van der Waals surface area contributed by atoms with E-state index in [4.69, 9.17) is 0 Å². The molecule has 0 aliphatic carbocycles. The molecule has 0 bridgehead atoms. The molecule has 0 saturated heterocycles. The highest BCUT2D eigenvalue weighted by atomic mass is 15.3. The molecule has 3 aromatic heterocycles. The molecule has 3 heterocycles. The third-order valence-electron chi connectivity index (χ3n) is 2.93. The fourth-order valence-corrected chi connectivity index (χ4v) is 2.06. The molecule has 0 radical (unpaired) electrons. The fourth-order valence-electron chi connectivity index (χ4n) is 2.06. The number of nitrogens with one attached hydrogen (secondary N) is 1. The molecule has 0 spiro atoms. The summed E-state index contributed by atoms with van der Waals surface area (Å²) in [6.07, 6.45) is 8.38. The van der Waals surface area contributed by atoms with Gasteiger partial charge in [-0.3, -0.25) is 4.68 Å². The van der Waals surface area contributed by atoms with Gasteiger partial charge in [0.05, 0.1) is 5.69 Å². The van der Waals surface area contributed by atoms with Gasteiger partial charge in [-0.1, -0.05) is 0 Å². The first-order valence-corrected chi connectivity index (χ1v) is 6.35. The molecule has 0 amide bonds. The van der Waals surface area contributed by atoms with Crippen LogP contribution in [0, 0.1) is 6.92 Å². The quantitative estimate of drug-likeness (QED) is 0.706. The van der Waals surface area contributed by atoms with Crippen molar-refractivity contribution in [2.75, 3.05) is 11.9 Å². The lowest BCUT2D eigenvalue weighted by Gasteiger charge is -2.06. The lowest BCUT2D eigenvalue weighted by molar-refractivity contribution is 0.591. The van der Waals surface area contributed by atoms with E-state index in [0.29, 0.717) is 0 Å². The largest absolute Gasteiger partial charge is 0.368 e. The van der Waals surface area contributed by atoms with Crippen LogP contribution in [0.4, 0.5) is 5.82 Å². The van der Waals surface area contributed by atoms with Crippen molar-refractivity contribution in [2.24, 2.45) is 0 Å². The van der Waals surface area contributed by atoms with Gasteiger partial charge in [0.25, 0.3) is 0 Å². The van der Waals surface area contributed by atoms with Gasteiger partial charge < -0.3 is 5.32 Å². The topological polar surface area (TPSA) is 60.0 Å². The van der Waals surface area contributed by atoms with Gasteiger partial charge in [-0.05, 0) is 25.5 Å². The Morgan fingerprint density at radius 1 is 1.26 bits per heavy atom. The summed E-state index contributed by atoms with van der Waals surface area (Å²) >= 11 is 0. The predicted octanol–water partition coefficient (Wildman–Crippen LogP) is 1.74. The van der Waals surface area contributed by atoms with Crippen molar-refractivity contribution in [1.29, 1.82) is 0 Å². The maximum atomic E-state index is 4.37. The highest BCUT2D eigenvalue weighted by molar-refractivity contribution is 5.67. The van der Waals surface area contributed by atoms with Crippen LogP contribution in [0.2, 0.25) is 0 Å². The number of hydrogen-bond acceptors (Lipinski definition) is 4. The second kappa shape index (κ2) is 5.09. The lowest BCUT2D eigenvalue weighted by atomic mass is 10.4. The van der Waals surface area contributed by atoms with Crippen molar-refractivity contribution in [3.63, 3.8) is 0 Å². The van der Waals surface area contributed by atoms with Crippen LogP contribution in [0.5, 0.6) is 0 Å². The zero-order valence-corrected chi connectivity index (χ0v) is 10.8. The molecule has 0 atom stereocenters. The summed E-state index contributed by atoms with van der Waals surface area (Å²) in [5.74, 6) is 0.878. The van der Waals surface area contributed by atoms with Gasteiger partial charge in [-0.15, -0.1) is 0 Å². The Kier molecular flexibility index (Phi) is 3.14. The van der Waals surface area contributed by atoms with Gasteiger partial charge in [-0.25, -0.2) is 9.50 Å². The number of hydrogen-bond donors (Lipinski definition) is 1. The Balaban J connectivity index is 1.62. The summed E-state index contributed by atoms with van der Waals surface area (Å²) in [4.78, 5) is 4.36. The molecule has 0 fully saturated rings. The van der Waals surface area contributed by atoms with Gasteiger partial charge in [0.15, 0.2) is 5.82 Å². The number of fused-ring (bicyclic) bond motifs is 1. The van der Waals surface area contributed by atoms with E-state index in [2.05, 4.69) is 20.5 Å². The van der Waals surface area contributed by atoms with E-state index in [1.807, 2.05) is 40.6 Å². The lowest BCUT2D eigenvalue weighted by Crippen LogP contribution is -2.08. The second-order valence-corrected chi connectivity index (χ2v) is 4.44. The zero-order valence-electron chi connectivity index (χ0n) is 10.8. The SMILES string of the molecule is Cc1cc2c(NCCCn3cccn3)nccn2n1. The average Bonchev–Trinajstić information content (AvgIpc) is 3.02. The predicted molar refractivity (Wildman–Crippen MR) is 73.1 cm³/mol. The molecule has 0 aliphatic heterocycles.